The van der Waals surface area contributed by atoms with Crippen LogP contribution in [0.4, 0.5) is 0 Å². The molecule has 0 spiro atoms. The minimum Gasteiger partial charge on any atom is -0.452 e. The molecule has 2 atom stereocenters. The van der Waals surface area contributed by atoms with Crippen molar-refractivity contribution in [1.29, 1.82) is 0 Å². The third kappa shape index (κ3) is 4.94. The average Bonchev–Trinajstić information content (AvgIpc) is 2.86. The summed E-state index contributed by atoms with van der Waals surface area (Å²) in [6, 6.07) is 18.4. The molecule has 6 nitrogen and oxygen atoms in total. The number of esters is 1. The zero-order chi connectivity index (χ0) is 24.4. The molecule has 1 amide bonds. The maximum absolute atomic E-state index is 13.5. The van der Waals surface area contributed by atoms with Crippen LogP contribution in [-0.4, -0.2) is 51.9 Å². The van der Waals surface area contributed by atoms with Gasteiger partial charge in [-0.2, -0.15) is 0 Å². The number of carbonyl (C=O) groups excluding carboxylic acids is 2. The van der Waals surface area contributed by atoms with Crippen LogP contribution in [0.1, 0.15) is 60.3 Å². The van der Waals surface area contributed by atoms with E-state index in [0.29, 0.717) is 12.1 Å². The van der Waals surface area contributed by atoms with Crippen molar-refractivity contribution in [1.82, 2.24) is 14.8 Å². The van der Waals surface area contributed by atoms with Crippen molar-refractivity contribution >= 4 is 22.8 Å². The molecule has 182 valence electrons. The van der Waals surface area contributed by atoms with Crippen molar-refractivity contribution in [3.63, 3.8) is 0 Å². The van der Waals surface area contributed by atoms with Crippen molar-refractivity contribution < 1.29 is 14.3 Å². The zero-order valence-corrected chi connectivity index (χ0v) is 20.6. The molecule has 2 aromatic carbocycles. The molecule has 5 rings (SSSR count). The number of rotatable bonds is 5. The number of benzene rings is 2. The highest BCUT2D eigenvalue weighted by Crippen LogP contribution is 2.30. The van der Waals surface area contributed by atoms with Crippen molar-refractivity contribution in [2.75, 3.05) is 13.2 Å². The number of amides is 1. The SMILES string of the molecule is CC1CCCC(C)N1C(=O)COC(=O)c1c2c(nc3ccccc13)CCN(Cc1ccccc1)C2. The van der Waals surface area contributed by atoms with Crippen LogP contribution in [-0.2, 0) is 29.0 Å². The Labute approximate surface area is 206 Å². The molecule has 2 aliphatic rings. The van der Waals surface area contributed by atoms with Gasteiger partial charge in [-0.25, -0.2) is 4.79 Å². The Hall–Kier alpha value is -3.25. The monoisotopic (exact) mass is 471 g/mol. The minimum absolute atomic E-state index is 0.115. The molecule has 0 aliphatic carbocycles. The Bertz CT molecular complexity index is 1220. The number of carbonyl (C=O) groups is 2. The van der Waals surface area contributed by atoms with Crippen LogP contribution in [0.5, 0.6) is 0 Å². The lowest BCUT2D eigenvalue weighted by Gasteiger charge is -2.38. The van der Waals surface area contributed by atoms with E-state index in [2.05, 4.69) is 30.9 Å². The number of fused-ring (bicyclic) bond motifs is 2. The molecule has 0 radical (unpaired) electrons. The fourth-order valence-corrected chi connectivity index (χ4v) is 5.64. The molecule has 6 heteroatoms. The number of likely N-dealkylation sites (tertiary alicyclic amines) is 1. The third-order valence-electron chi connectivity index (χ3n) is 7.39. The van der Waals surface area contributed by atoms with Gasteiger partial charge in [-0.1, -0.05) is 48.5 Å². The van der Waals surface area contributed by atoms with Crippen molar-refractivity contribution in [2.45, 2.75) is 64.7 Å². The lowest BCUT2D eigenvalue weighted by atomic mass is 9.95. The first-order valence-electron chi connectivity index (χ1n) is 12.7. The van der Waals surface area contributed by atoms with E-state index in [1.807, 2.05) is 47.4 Å². The van der Waals surface area contributed by atoms with Crippen LogP contribution < -0.4 is 0 Å². The fraction of sp³-hybridized carbons (Fsp3) is 0.414. The van der Waals surface area contributed by atoms with E-state index in [9.17, 15) is 9.59 Å². The first-order chi connectivity index (χ1) is 17.0. The van der Waals surface area contributed by atoms with Crippen LogP contribution in [0.3, 0.4) is 0 Å². The molecule has 3 heterocycles. The molecule has 1 fully saturated rings. The predicted octanol–water partition coefficient (Wildman–Crippen LogP) is 4.74. The summed E-state index contributed by atoms with van der Waals surface area (Å²) >= 11 is 0. The molecule has 35 heavy (non-hydrogen) atoms. The molecule has 0 bridgehead atoms. The van der Waals surface area contributed by atoms with E-state index in [-0.39, 0.29) is 24.6 Å². The highest BCUT2D eigenvalue weighted by atomic mass is 16.5. The number of hydrogen-bond acceptors (Lipinski definition) is 5. The van der Waals surface area contributed by atoms with Crippen molar-refractivity contribution in [3.05, 3.63) is 77.0 Å². The van der Waals surface area contributed by atoms with Crippen molar-refractivity contribution in [3.8, 4) is 0 Å². The number of pyridine rings is 1. The molecule has 1 saturated heterocycles. The van der Waals surface area contributed by atoms with Gasteiger partial charge in [0.25, 0.3) is 5.91 Å². The van der Waals surface area contributed by atoms with Gasteiger partial charge in [0.2, 0.25) is 0 Å². The summed E-state index contributed by atoms with van der Waals surface area (Å²) in [5.74, 6) is -0.553. The number of piperidine rings is 1. The third-order valence-corrected chi connectivity index (χ3v) is 7.39. The predicted molar refractivity (Wildman–Crippen MR) is 136 cm³/mol. The Morgan fingerprint density at radius 2 is 1.71 bits per heavy atom. The van der Waals surface area contributed by atoms with Gasteiger partial charge in [0.1, 0.15) is 0 Å². The van der Waals surface area contributed by atoms with Crippen LogP contribution in [0.15, 0.2) is 54.6 Å². The molecule has 0 N–H and O–H groups in total. The first kappa shape index (κ1) is 23.5. The van der Waals surface area contributed by atoms with Gasteiger partial charge >= 0.3 is 5.97 Å². The largest absolute Gasteiger partial charge is 0.452 e. The lowest BCUT2D eigenvalue weighted by molar-refractivity contribution is -0.140. The van der Waals surface area contributed by atoms with Gasteiger partial charge in [0, 0.05) is 54.8 Å². The van der Waals surface area contributed by atoms with Gasteiger partial charge in [-0.15, -0.1) is 0 Å². The number of ether oxygens (including phenoxy) is 1. The highest BCUT2D eigenvalue weighted by Gasteiger charge is 2.31. The quantitative estimate of drug-likeness (QED) is 0.503. The van der Waals surface area contributed by atoms with Crippen LogP contribution in [0.2, 0.25) is 0 Å². The molecule has 2 unspecified atom stereocenters. The second-order valence-corrected chi connectivity index (χ2v) is 9.88. The summed E-state index contributed by atoms with van der Waals surface area (Å²) in [7, 11) is 0. The topological polar surface area (TPSA) is 62.7 Å². The second-order valence-electron chi connectivity index (χ2n) is 9.88. The maximum Gasteiger partial charge on any atom is 0.339 e. The van der Waals surface area contributed by atoms with E-state index in [1.54, 1.807) is 0 Å². The number of aromatic nitrogens is 1. The summed E-state index contributed by atoms with van der Waals surface area (Å²) in [4.78, 5) is 35.6. The van der Waals surface area contributed by atoms with Crippen molar-refractivity contribution in [2.24, 2.45) is 0 Å². The van der Waals surface area contributed by atoms with Gasteiger partial charge in [-0.05, 0) is 44.7 Å². The van der Waals surface area contributed by atoms with Crippen LogP contribution >= 0.6 is 0 Å². The average molecular weight is 472 g/mol. The molecular formula is C29H33N3O3. The number of nitrogens with zero attached hydrogens (tertiary/aromatic N) is 3. The minimum atomic E-state index is -0.438. The zero-order valence-electron chi connectivity index (χ0n) is 20.6. The van der Waals surface area contributed by atoms with Crippen LogP contribution in [0.25, 0.3) is 10.9 Å². The summed E-state index contributed by atoms with van der Waals surface area (Å²) in [5.41, 5.74) is 4.45. The summed E-state index contributed by atoms with van der Waals surface area (Å²) in [5, 5.41) is 0.782. The van der Waals surface area contributed by atoms with Gasteiger partial charge in [0.05, 0.1) is 11.1 Å². The molecule has 0 saturated carbocycles. The van der Waals surface area contributed by atoms with E-state index in [4.69, 9.17) is 9.72 Å². The Balaban J connectivity index is 1.40. The summed E-state index contributed by atoms with van der Waals surface area (Å²) in [6.07, 6.45) is 3.88. The van der Waals surface area contributed by atoms with E-state index < -0.39 is 5.97 Å². The second kappa shape index (κ2) is 10.2. The van der Waals surface area contributed by atoms with Gasteiger partial charge in [0.15, 0.2) is 6.61 Å². The fourth-order valence-electron chi connectivity index (χ4n) is 5.64. The van der Waals surface area contributed by atoms with Crippen LogP contribution in [0, 0.1) is 0 Å². The van der Waals surface area contributed by atoms with E-state index >= 15 is 0 Å². The Kier molecular flexibility index (Phi) is 6.82. The van der Waals surface area contributed by atoms with Gasteiger partial charge in [-0.3, -0.25) is 14.7 Å². The Morgan fingerprint density at radius 1 is 1.00 bits per heavy atom. The molecular weight excluding hydrogens is 438 g/mol. The number of hydrogen-bond donors (Lipinski definition) is 0. The normalized spacial score (nSPS) is 20.5. The standard InChI is InChI=1S/C29H33N3O3/c1-20-9-8-10-21(2)32(20)27(33)19-35-29(34)28-23-13-6-7-14-25(23)30-26-15-16-31(18-24(26)28)17-22-11-4-3-5-12-22/h3-7,11-14,20-21H,8-10,15-19H2,1-2H3. The van der Waals surface area contributed by atoms with E-state index in [1.165, 1.54) is 5.56 Å². The Morgan fingerprint density at radius 3 is 2.49 bits per heavy atom. The number of para-hydroxylation sites is 1. The lowest BCUT2D eigenvalue weighted by Crippen LogP contribution is -2.49. The maximum atomic E-state index is 13.5. The van der Waals surface area contributed by atoms with Gasteiger partial charge < -0.3 is 9.64 Å². The molecule has 3 aromatic rings. The smallest absolute Gasteiger partial charge is 0.339 e. The van der Waals surface area contributed by atoms with E-state index in [0.717, 1.165) is 60.9 Å². The summed E-state index contributed by atoms with van der Waals surface area (Å²) < 4.78 is 5.69. The summed E-state index contributed by atoms with van der Waals surface area (Å²) in [6.45, 7) is 6.23. The first-order valence-corrected chi connectivity index (χ1v) is 12.7. The highest BCUT2D eigenvalue weighted by molar-refractivity contribution is 6.05. The molecule has 2 aliphatic heterocycles. The molecule has 1 aromatic heterocycles.